The van der Waals surface area contributed by atoms with Gasteiger partial charge in [-0.1, -0.05) is 0 Å². The number of anilines is 1. The first-order chi connectivity index (χ1) is 9.97. The minimum Gasteiger partial charge on any atom is -0.404 e. The van der Waals surface area contributed by atoms with E-state index in [1.165, 1.54) is 0 Å². The maximum Gasteiger partial charge on any atom is 0.573 e. The molecule has 1 aromatic rings. The lowest BCUT2D eigenvalue weighted by molar-refractivity contribution is -0.275. The Labute approximate surface area is 129 Å². The number of sulfonamides is 1. The van der Waals surface area contributed by atoms with Crippen LogP contribution in [0.4, 0.5) is 18.9 Å². The maximum atomic E-state index is 12.4. The summed E-state index contributed by atoms with van der Waals surface area (Å²) in [6.45, 7) is 0. The molecule has 0 atom stereocenters. The van der Waals surface area contributed by atoms with Crippen molar-refractivity contribution >= 4 is 33.2 Å². The van der Waals surface area contributed by atoms with Gasteiger partial charge in [-0.15, -0.1) is 24.8 Å². The van der Waals surface area contributed by atoms with E-state index < -0.39 is 38.8 Å². The third-order valence-corrected chi connectivity index (χ3v) is 4.41. The van der Waals surface area contributed by atoms with Gasteiger partial charge in [0, 0.05) is 19.8 Å². The largest absolute Gasteiger partial charge is 0.573 e. The fourth-order valence-electron chi connectivity index (χ4n) is 1.39. The number of halogens is 4. The molecule has 0 fully saturated rings. The Hall–Kier alpha value is -1.52. The molecule has 0 aliphatic rings. The van der Waals surface area contributed by atoms with Crippen LogP contribution < -0.4 is 10.1 Å². The highest BCUT2D eigenvalue weighted by atomic mass is 35.5. The van der Waals surface area contributed by atoms with Crippen LogP contribution in [0.1, 0.15) is 0 Å². The van der Waals surface area contributed by atoms with Gasteiger partial charge < -0.3 is 10.1 Å². The Morgan fingerprint density at radius 3 is 2.41 bits per heavy atom. The number of hydrogen-bond acceptors (Lipinski definition) is 4. The van der Waals surface area contributed by atoms with Crippen molar-refractivity contribution in [2.75, 3.05) is 25.3 Å². The Balaban J connectivity index is 3.38. The summed E-state index contributed by atoms with van der Waals surface area (Å²) in [4.78, 5) is 10.4. The summed E-state index contributed by atoms with van der Waals surface area (Å²) in [5.41, 5.74) is -0.0272. The molecular weight excluding hydrogens is 349 g/mol. The fourth-order valence-corrected chi connectivity index (χ4v) is 2.49. The summed E-state index contributed by atoms with van der Waals surface area (Å²) in [5.74, 6) is -1.93. The molecule has 0 unspecified atom stereocenters. The second-order valence-electron chi connectivity index (χ2n) is 4.18. The Bertz CT molecular complexity index is 662. The molecule has 124 valence electrons. The molecule has 6 nitrogen and oxygen atoms in total. The van der Waals surface area contributed by atoms with Crippen LogP contribution >= 0.6 is 11.6 Å². The van der Waals surface area contributed by atoms with E-state index >= 15 is 0 Å². The molecular formula is C11H12ClF3N2O4S. The quantitative estimate of drug-likeness (QED) is 0.815. The van der Waals surface area contributed by atoms with Crippen LogP contribution in [0.5, 0.6) is 5.75 Å². The van der Waals surface area contributed by atoms with Crippen molar-refractivity contribution < 1.29 is 31.1 Å². The van der Waals surface area contributed by atoms with Crippen molar-refractivity contribution in [1.82, 2.24) is 4.31 Å². The van der Waals surface area contributed by atoms with E-state index in [4.69, 9.17) is 11.6 Å². The predicted molar refractivity (Wildman–Crippen MR) is 73.3 cm³/mol. The van der Waals surface area contributed by atoms with Crippen LogP contribution in [0.25, 0.3) is 0 Å². The zero-order valence-electron chi connectivity index (χ0n) is 11.4. The normalized spacial score (nSPS) is 12.3. The molecule has 22 heavy (non-hydrogen) atoms. The molecule has 0 aliphatic carbocycles. The number of carbonyl (C=O) groups excluding carboxylic acids is 1. The zero-order valence-corrected chi connectivity index (χ0v) is 13.0. The first-order valence-electron chi connectivity index (χ1n) is 5.65. The van der Waals surface area contributed by atoms with Gasteiger partial charge in [-0.3, -0.25) is 4.79 Å². The number of alkyl halides is 4. The summed E-state index contributed by atoms with van der Waals surface area (Å²) in [6, 6.07) is 2.73. The third-order valence-electron chi connectivity index (χ3n) is 2.33. The van der Waals surface area contributed by atoms with Gasteiger partial charge in [0.05, 0.1) is 0 Å². The number of nitrogens with zero attached hydrogens (tertiary/aromatic N) is 1. The molecule has 1 rings (SSSR count). The van der Waals surface area contributed by atoms with E-state index in [0.29, 0.717) is 0 Å². The first kappa shape index (κ1) is 18.5. The van der Waals surface area contributed by atoms with E-state index in [9.17, 15) is 26.4 Å². The molecule has 0 saturated carbocycles. The number of nitrogens with one attached hydrogen (secondary N) is 1. The van der Waals surface area contributed by atoms with Gasteiger partial charge >= 0.3 is 6.36 Å². The van der Waals surface area contributed by atoms with Crippen molar-refractivity contribution in [3.63, 3.8) is 0 Å². The Morgan fingerprint density at radius 2 is 1.95 bits per heavy atom. The molecule has 0 aliphatic heterocycles. The van der Waals surface area contributed by atoms with Crippen molar-refractivity contribution in [3.05, 3.63) is 18.2 Å². The summed E-state index contributed by atoms with van der Waals surface area (Å²) < 4.78 is 65.7. The van der Waals surface area contributed by atoms with Gasteiger partial charge in [0.25, 0.3) is 0 Å². The Kier molecular flexibility index (Phi) is 5.65. The van der Waals surface area contributed by atoms with Gasteiger partial charge in [0.2, 0.25) is 15.9 Å². The molecule has 0 radical (unpaired) electrons. The lowest BCUT2D eigenvalue weighted by Crippen LogP contribution is -2.25. The highest BCUT2D eigenvalue weighted by Crippen LogP contribution is 2.33. The monoisotopic (exact) mass is 360 g/mol. The number of hydrogen-bond donors (Lipinski definition) is 1. The van der Waals surface area contributed by atoms with Gasteiger partial charge in [-0.2, -0.15) is 0 Å². The highest BCUT2D eigenvalue weighted by molar-refractivity contribution is 7.89. The summed E-state index contributed by atoms with van der Waals surface area (Å²) in [6.07, 6.45) is -5.06. The smallest absolute Gasteiger partial charge is 0.404 e. The van der Waals surface area contributed by atoms with Crippen molar-refractivity contribution in [2.45, 2.75) is 11.3 Å². The van der Waals surface area contributed by atoms with E-state index in [1.807, 2.05) is 0 Å². The maximum absolute atomic E-state index is 12.4. The van der Waals surface area contributed by atoms with Crippen LogP contribution in [-0.4, -0.2) is 45.0 Å². The SMILES string of the molecule is CN(C)S(=O)(=O)c1cc(NC(=O)CCl)ccc1OC(F)(F)F. The first-order valence-corrected chi connectivity index (χ1v) is 7.63. The molecule has 1 amide bonds. The van der Waals surface area contributed by atoms with Gasteiger partial charge in [-0.05, 0) is 18.2 Å². The third kappa shape index (κ3) is 4.75. The minimum atomic E-state index is -5.06. The highest BCUT2D eigenvalue weighted by Gasteiger charge is 2.34. The van der Waals surface area contributed by atoms with Crippen molar-refractivity contribution in [3.8, 4) is 5.75 Å². The molecule has 11 heteroatoms. The number of benzene rings is 1. The van der Waals surface area contributed by atoms with Crippen LogP contribution in [0.2, 0.25) is 0 Å². The summed E-state index contributed by atoms with van der Waals surface area (Å²) in [7, 11) is -1.92. The van der Waals surface area contributed by atoms with E-state index in [-0.39, 0.29) is 5.69 Å². The minimum absolute atomic E-state index is 0.0272. The molecule has 0 aromatic heterocycles. The molecule has 1 N–H and O–H groups in total. The Morgan fingerprint density at radius 1 is 1.36 bits per heavy atom. The number of rotatable bonds is 5. The lowest BCUT2D eigenvalue weighted by Gasteiger charge is -2.17. The number of ether oxygens (including phenoxy) is 1. The topological polar surface area (TPSA) is 75.7 Å². The average Bonchev–Trinajstić information content (AvgIpc) is 2.38. The second-order valence-corrected chi connectivity index (χ2v) is 6.57. The van der Waals surface area contributed by atoms with Crippen LogP contribution in [0.3, 0.4) is 0 Å². The average molecular weight is 361 g/mol. The van der Waals surface area contributed by atoms with Crippen molar-refractivity contribution in [2.24, 2.45) is 0 Å². The van der Waals surface area contributed by atoms with E-state index in [0.717, 1.165) is 36.6 Å². The number of amides is 1. The second kappa shape index (κ2) is 6.71. The van der Waals surface area contributed by atoms with Crippen molar-refractivity contribution in [1.29, 1.82) is 0 Å². The molecule has 0 bridgehead atoms. The van der Waals surface area contributed by atoms with E-state index in [1.54, 1.807) is 0 Å². The lowest BCUT2D eigenvalue weighted by atomic mass is 10.3. The summed E-state index contributed by atoms with van der Waals surface area (Å²) in [5, 5.41) is 2.24. The zero-order chi connectivity index (χ0) is 17.1. The molecule has 0 heterocycles. The molecule has 1 aromatic carbocycles. The van der Waals surface area contributed by atoms with Crippen LogP contribution in [0, 0.1) is 0 Å². The van der Waals surface area contributed by atoms with E-state index in [2.05, 4.69) is 10.1 Å². The fraction of sp³-hybridized carbons (Fsp3) is 0.364. The van der Waals surface area contributed by atoms with Gasteiger partial charge in [0.1, 0.15) is 16.5 Å². The predicted octanol–water partition coefficient (Wildman–Crippen LogP) is 2.01. The van der Waals surface area contributed by atoms with Gasteiger partial charge in [-0.25, -0.2) is 12.7 Å². The summed E-state index contributed by atoms with van der Waals surface area (Å²) >= 11 is 5.29. The standard InChI is InChI=1S/C11H12ClF3N2O4S/c1-17(2)22(19,20)9-5-7(16-10(18)6-12)3-4-8(9)21-11(13,14)15/h3-5H,6H2,1-2H3,(H,16,18). The molecule has 0 spiro atoms. The van der Waals surface area contributed by atoms with Gasteiger partial charge in [0.15, 0.2) is 0 Å². The van der Waals surface area contributed by atoms with Crippen LogP contribution in [0.15, 0.2) is 23.1 Å². The number of carbonyl (C=O) groups is 1. The van der Waals surface area contributed by atoms with Crippen LogP contribution in [-0.2, 0) is 14.8 Å². The molecule has 0 saturated heterocycles.